The average Bonchev–Trinajstić information content (AvgIpc) is 3.47. The van der Waals surface area contributed by atoms with Gasteiger partial charge in [-0.3, -0.25) is 14.2 Å². The first-order valence-corrected chi connectivity index (χ1v) is 11.6. The number of carbonyl (C=O) groups is 1. The molecule has 1 amide bonds. The second kappa shape index (κ2) is 10.7. The molecule has 1 aliphatic rings. The summed E-state index contributed by atoms with van der Waals surface area (Å²) in [5.41, 5.74) is 1.67. The molecule has 0 saturated carbocycles. The van der Waals surface area contributed by atoms with Crippen molar-refractivity contribution < 1.29 is 14.6 Å². The lowest BCUT2D eigenvalue weighted by Gasteiger charge is -2.13. The molecule has 33 heavy (non-hydrogen) atoms. The van der Waals surface area contributed by atoms with Crippen LogP contribution in [0.15, 0.2) is 64.0 Å². The van der Waals surface area contributed by atoms with E-state index < -0.39 is 0 Å². The Hall–Kier alpha value is -3.08. The number of thioether (sulfide) groups is 1. The van der Waals surface area contributed by atoms with E-state index in [0.29, 0.717) is 46.6 Å². The molecule has 2 aromatic heterocycles. The van der Waals surface area contributed by atoms with Crippen LogP contribution in [0, 0.1) is 0 Å². The second-order valence-electron chi connectivity index (χ2n) is 7.21. The van der Waals surface area contributed by atoms with Crippen molar-refractivity contribution in [2.75, 3.05) is 13.2 Å². The third-order valence-corrected chi connectivity index (χ3v) is 6.38. The summed E-state index contributed by atoms with van der Waals surface area (Å²) in [4.78, 5) is 24.5. The van der Waals surface area contributed by atoms with E-state index in [4.69, 9.17) is 21.4 Å². The number of benzene rings is 1. The number of amides is 1. The highest BCUT2D eigenvalue weighted by Crippen LogP contribution is 2.34. The molecule has 0 spiro atoms. The number of hydrogen-bond acceptors (Lipinski definition) is 7. The number of ether oxygens (including phenoxy) is 1. The van der Waals surface area contributed by atoms with Crippen LogP contribution in [0.5, 0.6) is 5.75 Å². The van der Waals surface area contributed by atoms with Gasteiger partial charge >= 0.3 is 0 Å². The Morgan fingerprint density at radius 2 is 2.21 bits per heavy atom. The molecule has 0 aliphatic carbocycles. The van der Waals surface area contributed by atoms with Crippen LogP contribution in [0.25, 0.3) is 11.4 Å². The van der Waals surface area contributed by atoms with Crippen molar-refractivity contribution in [2.24, 2.45) is 0 Å². The zero-order chi connectivity index (χ0) is 23.2. The van der Waals surface area contributed by atoms with E-state index in [2.05, 4.69) is 15.6 Å². The first kappa shape index (κ1) is 23.1. The third-order valence-electron chi connectivity index (χ3n) is 4.88. The summed E-state index contributed by atoms with van der Waals surface area (Å²) in [6.45, 7) is 0.524. The molecule has 1 atom stereocenters. The highest BCUT2D eigenvalue weighted by atomic mass is 35.5. The monoisotopic (exact) mass is 487 g/mol. The first-order valence-electron chi connectivity index (χ1n) is 10.3. The molecular formula is C22H22ClN5O4S. The summed E-state index contributed by atoms with van der Waals surface area (Å²) in [5.74, 6) is 0.382. The number of aromatic nitrogens is 4. The van der Waals surface area contributed by atoms with Crippen LogP contribution >= 0.6 is 23.4 Å². The summed E-state index contributed by atoms with van der Waals surface area (Å²) in [5, 5.41) is 20.0. The van der Waals surface area contributed by atoms with Gasteiger partial charge in [-0.1, -0.05) is 29.0 Å². The van der Waals surface area contributed by atoms with Crippen molar-refractivity contribution >= 4 is 29.3 Å². The zero-order valence-corrected chi connectivity index (χ0v) is 19.1. The van der Waals surface area contributed by atoms with Crippen LogP contribution in [0.2, 0.25) is 0 Å². The maximum Gasteiger partial charge on any atom is 0.255 e. The standard InChI is InChI=1S/C22H22ClN5O4S/c23-20-8-7-19(33-20)22(31)24-13-15-14-28(26-25-15)17-6-5-16(12-18(17)32-11-3-10-29)27-9-2-1-4-21(27)30/h1-2,4-6,8-9,12,14,19,29H,3,7,10-11,13H2,(H,24,31). The van der Waals surface area contributed by atoms with E-state index in [0.717, 1.165) is 0 Å². The minimum atomic E-state index is -0.229. The number of hydrogen-bond donors (Lipinski definition) is 2. The highest BCUT2D eigenvalue weighted by Gasteiger charge is 2.24. The maximum absolute atomic E-state index is 12.3. The van der Waals surface area contributed by atoms with E-state index in [-0.39, 0.29) is 29.9 Å². The Morgan fingerprint density at radius 3 is 2.97 bits per heavy atom. The van der Waals surface area contributed by atoms with Gasteiger partial charge in [0.1, 0.15) is 17.1 Å². The van der Waals surface area contributed by atoms with Gasteiger partial charge in [0.15, 0.2) is 0 Å². The largest absolute Gasteiger partial charge is 0.491 e. The Morgan fingerprint density at radius 1 is 1.33 bits per heavy atom. The van der Waals surface area contributed by atoms with Crippen molar-refractivity contribution in [3.63, 3.8) is 0 Å². The summed E-state index contributed by atoms with van der Waals surface area (Å²) < 4.78 is 9.56. The maximum atomic E-state index is 12.3. The van der Waals surface area contributed by atoms with Gasteiger partial charge in [-0.25, -0.2) is 4.68 Å². The molecule has 0 radical (unpaired) electrons. The van der Waals surface area contributed by atoms with E-state index in [1.54, 1.807) is 47.4 Å². The molecule has 1 aliphatic heterocycles. The Bertz CT molecular complexity index is 1230. The zero-order valence-electron chi connectivity index (χ0n) is 17.6. The van der Waals surface area contributed by atoms with E-state index >= 15 is 0 Å². The number of rotatable bonds is 9. The minimum absolute atomic E-state index is 0.000348. The van der Waals surface area contributed by atoms with Gasteiger partial charge in [0.05, 0.1) is 34.7 Å². The van der Waals surface area contributed by atoms with E-state index in [9.17, 15) is 9.59 Å². The molecule has 0 fully saturated rings. The number of allylic oxidation sites excluding steroid dienone is 1. The summed E-state index contributed by atoms with van der Waals surface area (Å²) >= 11 is 7.27. The number of nitrogens with one attached hydrogen (secondary N) is 1. The summed E-state index contributed by atoms with van der Waals surface area (Å²) in [6.07, 6.45) is 6.28. The molecule has 0 bridgehead atoms. The average molecular weight is 488 g/mol. The fourth-order valence-corrected chi connectivity index (χ4v) is 4.48. The van der Waals surface area contributed by atoms with Crippen LogP contribution in [0.1, 0.15) is 18.5 Å². The van der Waals surface area contributed by atoms with Crippen LogP contribution in [-0.4, -0.2) is 49.0 Å². The lowest BCUT2D eigenvalue weighted by Crippen LogP contribution is -2.31. The van der Waals surface area contributed by atoms with Gasteiger partial charge in [0.25, 0.3) is 5.56 Å². The van der Waals surface area contributed by atoms with Crippen LogP contribution in [0.4, 0.5) is 0 Å². The Kier molecular flexibility index (Phi) is 7.48. The van der Waals surface area contributed by atoms with Crippen molar-refractivity contribution in [2.45, 2.75) is 24.6 Å². The number of aliphatic hydroxyl groups excluding tert-OH is 1. The Labute approximate surface area is 199 Å². The molecule has 9 nitrogen and oxygen atoms in total. The van der Waals surface area contributed by atoms with Crippen molar-refractivity contribution in [3.8, 4) is 17.1 Å². The number of nitrogens with zero attached hydrogens (tertiary/aromatic N) is 4. The lowest BCUT2D eigenvalue weighted by molar-refractivity contribution is -0.120. The summed E-state index contributed by atoms with van der Waals surface area (Å²) in [6, 6.07) is 10.2. The molecule has 3 heterocycles. The Balaban J connectivity index is 1.52. The van der Waals surface area contributed by atoms with Crippen LogP contribution in [-0.2, 0) is 11.3 Å². The predicted molar refractivity (Wildman–Crippen MR) is 126 cm³/mol. The fourth-order valence-electron chi connectivity index (χ4n) is 3.23. The van der Waals surface area contributed by atoms with Crippen molar-refractivity contribution in [3.05, 3.63) is 75.3 Å². The van der Waals surface area contributed by atoms with Gasteiger partial charge in [-0.05, 0) is 24.6 Å². The molecule has 172 valence electrons. The normalized spacial score (nSPS) is 15.3. The van der Waals surface area contributed by atoms with Gasteiger partial charge in [0.2, 0.25) is 5.91 Å². The van der Waals surface area contributed by atoms with Gasteiger partial charge in [-0.2, -0.15) is 0 Å². The fraction of sp³-hybridized carbons (Fsp3) is 0.273. The highest BCUT2D eigenvalue weighted by molar-refractivity contribution is 8.06. The van der Waals surface area contributed by atoms with Crippen molar-refractivity contribution in [1.82, 2.24) is 24.9 Å². The number of halogens is 1. The second-order valence-corrected chi connectivity index (χ2v) is 9.09. The van der Waals surface area contributed by atoms with E-state index in [1.807, 2.05) is 6.08 Å². The van der Waals surface area contributed by atoms with Crippen LogP contribution in [0.3, 0.4) is 0 Å². The molecule has 2 N–H and O–H groups in total. The van der Waals surface area contributed by atoms with Crippen LogP contribution < -0.4 is 15.6 Å². The van der Waals surface area contributed by atoms with Gasteiger partial charge in [0, 0.05) is 31.4 Å². The van der Waals surface area contributed by atoms with Crippen molar-refractivity contribution in [1.29, 1.82) is 0 Å². The number of aliphatic hydroxyl groups is 1. The van der Waals surface area contributed by atoms with Gasteiger partial charge in [-0.15, -0.1) is 16.9 Å². The number of pyridine rings is 1. The lowest BCUT2D eigenvalue weighted by atomic mass is 10.2. The predicted octanol–water partition coefficient (Wildman–Crippen LogP) is 2.38. The smallest absolute Gasteiger partial charge is 0.255 e. The third kappa shape index (κ3) is 5.65. The molecule has 11 heteroatoms. The molecule has 1 unspecified atom stereocenters. The SMILES string of the molecule is O=C(NCc1cn(-c2ccc(-n3ccccc3=O)cc2OCCCO)nn1)C1CC=C(Cl)S1. The van der Waals surface area contributed by atoms with E-state index in [1.165, 1.54) is 22.4 Å². The first-order chi connectivity index (χ1) is 16.0. The molecule has 1 aromatic carbocycles. The molecular weight excluding hydrogens is 466 g/mol. The minimum Gasteiger partial charge on any atom is -0.491 e. The molecule has 0 saturated heterocycles. The molecule has 4 rings (SSSR count). The quantitative estimate of drug-likeness (QED) is 0.446. The number of carbonyl (C=O) groups excluding carboxylic acids is 1. The molecule has 3 aromatic rings. The summed E-state index contributed by atoms with van der Waals surface area (Å²) in [7, 11) is 0. The van der Waals surface area contributed by atoms with Gasteiger partial charge < -0.3 is 15.2 Å². The topological polar surface area (TPSA) is 111 Å².